The van der Waals surface area contributed by atoms with Gasteiger partial charge in [-0.1, -0.05) is 18.5 Å². The molecule has 0 radical (unpaired) electrons. The fourth-order valence-corrected chi connectivity index (χ4v) is 2.40. The number of alkyl halides is 3. The maximum atomic E-state index is 12.7. The lowest BCUT2D eigenvalue weighted by Gasteiger charge is -2.19. The Balaban J connectivity index is 2.00. The summed E-state index contributed by atoms with van der Waals surface area (Å²) in [6.45, 7) is 5.70. The summed E-state index contributed by atoms with van der Waals surface area (Å²) in [6, 6.07) is 7.19. The van der Waals surface area contributed by atoms with E-state index in [1.165, 1.54) is 0 Å². The number of hydrogen-bond donors (Lipinski definition) is 0. The van der Waals surface area contributed by atoms with Crippen LogP contribution in [-0.4, -0.2) is 22.2 Å². The number of aromatic nitrogens is 1. The second kappa shape index (κ2) is 9.43. The van der Waals surface area contributed by atoms with Gasteiger partial charge < -0.3 is 14.2 Å². The average molecular weight is 434 g/mol. The van der Waals surface area contributed by atoms with Crippen molar-refractivity contribution in [3.8, 4) is 17.4 Å². The molecule has 0 saturated heterocycles. The van der Waals surface area contributed by atoms with E-state index in [-0.39, 0.29) is 17.0 Å². The number of hydrogen-bond acceptors (Lipinski definition) is 5. The third-order valence-electron chi connectivity index (χ3n) is 3.71. The molecule has 0 aliphatic carbocycles. The molecular formula is C19H19ClF3NO3S. The highest BCUT2D eigenvalue weighted by atomic mass is 35.5. The van der Waals surface area contributed by atoms with Gasteiger partial charge in [-0.25, -0.2) is 4.98 Å². The fraction of sp³-hybridized carbons (Fsp3) is 0.368. The van der Waals surface area contributed by atoms with Crippen molar-refractivity contribution in [3.05, 3.63) is 47.1 Å². The Morgan fingerprint density at radius 1 is 1.18 bits per heavy atom. The van der Waals surface area contributed by atoms with Gasteiger partial charge in [0.2, 0.25) is 10.9 Å². The molecule has 28 heavy (non-hydrogen) atoms. The lowest BCUT2D eigenvalue weighted by Crippen LogP contribution is -2.27. The third kappa shape index (κ3) is 6.24. The highest BCUT2D eigenvalue weighted by Crippen LogP contribution is 2.34. The Morgan fingerprint density at radius 2 is 1.79 bits per heavy atom. The van der Waals surface area contributed by atoms with Gasteiger partial charge in [-0.05, 0) is 62.8 Å². The van der Waals surface area contributed by atoms with Gasteiger partial charge in [0.25, 0.3) is 0 Å². The lowest BCUT2D eigenvalue weighted by molar-refractivity contribution is -0.137. The Hall–Kier alpha value is -2.06. The first-order valence-corrected chi connectivity index (χ1v) is 9.26. The molecule has 0 fully saturated rings. The minimum Gasteiger partial charge on any atom is -0.482 e. The van der Waals surface area contributed by atoms with Crippen molar-refractivity contribution in [1.29, 1.82) is 0 Å². The molecule has 0 spiro atoms. The van der Waals surface area contributed by atoms with Gasteiger partial charge >= 0.3 is 6.18 Å². The number of nitrogens with zero attached hydrogens (tertiary/aromatic N) is 1. The number of ether oxygens (including phenoxy) is 3. The molecule has 1 aromatic carbocycles. The molecule has 0 aliphatic rings. The van der Waals surface area contributed by atoms with Gasteiger partial charge in [0.1, 0.15) is 16.5 Å². The normalized spacial score (nSPS) is 13.5. The first-order chi connectivity index (χ1) is 13.1. The lowest BCUT2D eigenvalue weighted by atomic mass is 10.3. The van der Waals surface area contributed by atoms with Crippen LogP contribution >= 0.6 is 23.8 Å². The molecule has 0 N–H and O–H groups in total. The summed E-state index contributed by atoms with van der Waals surface area (Å²) >= 11 is 11.0. The van der Waals surface area contributed by atoms with Gasteiger partial charge in [0, 0.05) is 6.20 Å². The molecule has 0 saturated carbocycles. The summed E-state index contributed by atoms with van der Waals surface area (Å²) in [6.07, 6.45) is -3.45. The van der Waals surface area contributed by atoms with Gasteiger partial charge in [0.05, 0.1) is 11.7 Å². The van der Waals surface area contributed by atoms with E-state index in [4.69, 9.17) is 38.0 Å². The van der Waals surface area contributed by atoms with E-state index in [1.54, 1.807) is 31.2 Å². The molecule has 2 rings (SSSR count). The van der Waals surface area contributed by atoms with Crippen molar-refractivity contribution in [1.82, 2.24) is 4.98 Å². The number of rotatable bonds is 7. The predicted molar refractivity (Wildman–Crippen MR) is 104 cm³/mol. The van der Waals surface area contributed by atoms with Crippen LogP contribution in [0.15, 0.2) is 36.5 Å². The first-order valence-electron chi connectivity index (χ1n) is 8.48. The zero-order valence-corrected chi connectivity index (χ0v) is 17.0. The van der Waals surface area contributed by atoms with Crippen LogP contribution in [0, 0.1) is 0 Å². The molecule has 4 nitrogen and oxygen atoms in total. The maximum Gasteiger partial charge on any atom is 0.417 e. The highest BCUT2D eigenvalue weighted by molar-refractivity contribution is 7.80. The second-order valence-corrected chi connectivity index (χ2v) is 6.81. The Kier molecular flexibility index (Phi) is 7.48. The average Bonchev–Trinajstić information content (AvgIpc) is 2.63. The van der Waals surface area contributed by atoms with Crippen LogP contribution in [0.1, 0.15) is 32.8 Å². The summed E-state index contributed by atoms with van der Waals surface area (Å²) in [5.41, 5.74) is -0.946. The standard InChI is InChI=1S/C19H19ClF3NO3S/c1-4-11(2)25-18(28)12(3)26-14-5-7-15(8-6-14)27-17-16(20)9-13(10-24-17)19(21,22)23/h5-12H,4H2,1-3H3. The van der Waals surface area contributed by atoms with Gasteiger partial charge in [-0.3, -0.25) is 0 Å². The summed E-state index contributed by atoms with van der Waals surface area (Å²) in [7, 11) is 0. The van der Waals surface area contributed by atoms with Crippen molar-refractivity contribution in [2.75, 3.05) is 0 Å². The topological polar surface area (TPSA) is 40.6 Å². The molecular weight excluding hydrogens is 415 g/mol. The zero-order valence-electron chi connectivity index (χ0n) is 15.4. The van der Waals surface area contributed by atoms with Crippen molar-refractivity contribution < 1.29 is 27.4 Å². The van der Waals surface area contributed by atoms with Crippen LogP contribution in [0.5, 0.6) is 17.4 Å². The van der Waals surface area contributed by atoms with Gasteiger partial charge in [-0.2, -0.15) is 13.2 Å². The van der Waals surface area contributed by atoms with Crippen LogP contribution in [-0.2, 0) is 10.9 Å². The molecule has 2 unspecified atom stereocenters. The van der Waals surface area contributed by atoms with Gasteiger partial charge in [0.15, 0.2) is 6.10 Å². The SMILES string of the molecule is CCC(C)OC(=S)C(C)Oc1ccc(Oc2ncc(C(F)(F)F)cc2Cl)cc1. The van der Waals surface area contributed by atoms with E-state index in [0.717, 1.165) is 12.5 Å². The Labute approximate surface area is 171 Å². The van der Waals surface area contributed by atoms with Crippen molar-refractivity contribution in [3.63, 3.8) is 0 Å². The third-order valence-corrected chi connectivity index (χ3v) is 4.41. The monoisotopic (exact) mass is 433 g/mol. The van der Waals surface area contributed by atoms with Crippen LogP contribution in [0.25, 0.3) is 0 Å². The smallest absolute Gasteiger partial charge is 0.417 e. The fourth-order valence-electron chi connectivity index (χ4n) is 1.98. The number of halogens is 4. The molecule has 0 aliphatic heterocycles. The van der Waals surface area contributed by atoms with E-state index in [0.29, 0.717) is 22.7 Å². The molecule has 2 aromatic rings. The van der Waals surface area contributed by atoms with E-state index in [1.807, 2.05) is 13.8 Å². The summed E-state index contributed by atoms with van der Waals surface area (Å²) in [4.78, 5) is 3.63. The van der Waals surface area contributed by atoms with Crippen molar-refractivity contribution >= 4 is 28.9 Å². The highest BCUT2D eigenvalue weighted by Gasteiger charge is 2.31. The van der Waals surface area contributed by atoms with Crippen LogP contribution in [0.3, 0.4) is 0 Å². The molecule has 1 heterocycles. The second-order valence-electron chi connectivity index (χ2n) is 6.00. The zero-order chi connectivity index (χ0) is 20.9. The van der Waals surface area contributed by atoms with Crippen LogP contribution in [0.4, 0.5) is 13.2 Å². The molecule has 2 atom stereocenters. The summed E-state index contributed by atoms with van der Waals surface area (Å²) in [5, 5.41) is 0.117. The van der Waals surface area contributed by atoms with Crippen molar-refractivity contribution in [2.45, 2.75) is 45.6 Å². The van der Waals surface area contributed by atoms with E-state index in [9.17, 15) is 13.2 Å². The van der Waals surface area contributed by atoms with Crippen molar-refractivity contribution in [2.24, 2.45) is 0 Å². The summed E-state index contributed by atoms with van der Waals surface area (Å²) in [5.74, 6) is 0.744. The van der Waals surface area contributed by atoms with E-state index in [2.05, 4.69) is 4.98 Å². The minimum absolute atomic E-state index is 0.00955. The Bertz CT molecular complexity index is 815. The quantitative estimate of drug-likeness (QED) is 0.469. The number of pyridine rings is 1. The maximum absolute atomic E-state index is 12.7. The van der Waals surface area contributed by atoms with E-state index >= 15 is 0 Å². The Morgan fingerprint density at radius 3 is 2.32 bits per heavy atom. The van der Waals surface area contributed by atoms with E-state index < -0.39 is 17.8 Å². The summed E-state index contributed by atoms with van der Waals surface area (Å²) < 4.78 is 54.7. The number of thiocarbonyl (C=S) groups is 1. The van der Waals surface area contributed by atoms with Crippen LogP contribution < -0.4 is 9.47 Å². The molecule has 152 valence electrons. The minimum atomic E-state index is -4.52. The van der Waals surface area contributed by atoms with Gasteiger partial charge in [-0.15, -0.1) is 0 Å². The van der Waals surface area contributed by atoms with Crippen LogP contribution in [0.2, 0.25) is 5.02 Å². The molecule has 9 heteroatoms. The largest absolute Gasteiger partial charge is 0.482 e. The molecule has 1 aromatic heterocycles. The molecule has 0 bridgehead atoms. The number of benzene rings is 1. The first kappa shape index (κ1) is 22.2. The predicted octanol–water partition coefficient (Wildman–Crippen LogP) is 6.46. The molecule has 0 amide bonds.